The zero-order valence-electron chi connectivity index (χ0n) is 7.03. The first-order valence-corrected chi connectivity index (χ1v) is 4.36. The summed E-state index contributed by atoms with van der Waals surface area (Å²) in [5.74, 6) is 0. The van der Waals surface area contributed by atoms with Gasteiger partial charge in [-0.2, -0.15) is 0 Å². The van der Waals surface area contributed by atoms with Crippen molar-refractivity contribution in [2.24, 2.45) is 4.99 Å². The van der Waals surface area contributed by atoms with Gasteiger partial charge in [0.15, 0.2) is 0 Å². The van der Waals surface area contributed by atoms with Gasteiger partial charge in [0.05, 0.1) is 6.34 Å². The number of nitrogens with zero attached hydrogens (tertiary/aromatic N) is 2. The van der Waals surface area contributed by atoms with Crippen LogP contribution in [-0.2, 0) is 0 Å². The Kier molecular flexibility index (Phi) is 2.39. The molecule has 0 amide bonds. The van der Waals surface area contributed by atoms with Crippen molar-refractivity contribution in [1.29, 1.82) is 0 Å². The fourth-order valence-electron chi connectivity index (χ4n) is 1.52. The van der Waals surface area contributed by atoms with Gasteiger partial charge in [-0.3, -0.25) is 9.89 Å². The summed E-state index contributed by atoms with van der Waals surface area (Å²) >= 11 is 0. The van der Waals surface area contributed by atoms with Crippen molar-refractivity contribution >= 4 is 6.34 Å². The number of aliphatic imine (C=N–C) groups is 1. The van der Waals surface area contributed by atoms with Crippen LogP contribution in [-0.4, -0.2) is 43.6 Å². The molecule has 1 atom stereocenters. The van der Waals surface area contributed by atoms with Crippen LogP contribution in [0.5, 0.6) is 0 Å². The van der Waals surface area contributed by atoms with Crippen LogP contribution in [0, 0.1) is 0 Å². The quantitative estimate of drug-likeness (QED) is 0.544. The van der Waals surface area contributed by atoms with Gasteiger partial charge < -0.3 is 10.6 Å². The number of nitrogens with one attached hydrogen (secondary N) is 2. The van der Waals surface area contributed by atoms with Gasteiger partial charge in [-0.1, -0.05) is 0 Å². The lowest BCUT2D eigenvalue weighted by Gasteiger charge is -2.31. The van der Waals surface area contributed by atoms with E-state index < -0.39 is 0 Å². The van der Waals surface area contributed by atoms with E-state index in [4.69, 9.17) is 0 Å². The highest BCUT2D eigenvalue weighted by Gasteiger charge is 2.17. The first-order valence-electron chi connectivity index (χ1n) is 4.36. The fraction of sp³-hybridized carbons (Fsp3) is 0.625. The van der Waals surface area contributed by atoms with E-state index in [1.165, 1.54) is 0 Å². The maximum absolute atomic E-state index is 4.33. The summed E-state index contributed by atoms with van der Waals surface area (Å²) < 4.78 is 0. The van der Waals surface area contributed by atoms with E-state index in [1.54, 1.807) is 6.34 Å². The smallest absolute Gasteiger partial charge is 0.124 e. The lowest BCUT2D eigenvalue weighted by Crippen LogP contribution is -2.47. The van der Waals surface area contributed by atoms with Crippen LogP contribution < -0.4 is 10.6 Å². The molecule has 0 radical (unpaired) electrons. The predicted octanol–water partition coefficient (Wildman–Crippen LogP) is -0.637. The molecule has 12 heavy (non-hydrogen) atoms. The molecule has 2 N–H and O–H groups in total. The molecule has 0 bridgehead atoms. The zero-order valence-corrected chi connectivity index (χ0v) is 7.03. The monoisotopic (exact) mass is 166 g/mol. The largest absolute Gasteiger partial charge is 0.353 e. The average molecular weight is 166 g/mol. The molecule has 4 heteroatoms. The topological polar surface area (TPSA) is 39.7 Å². The Morgan fingerprint density at radius 2 is 2.17 bits per heavy atom. The van der Waals surface area contributed by atoms with Crippen molar-refractivity contribution in [2.75, 3.05) is 26.2 Å². The molecular weight excluding hydrogens is 152 g/mol. The number of piperazine rings is 1. The molecule has 2 rings (SSSR count). The zero-order chi connectivity index (χ0) is 8.23. The van der Waals surface area contributed by atoms with E-state index in [9.17, 15) is 0 Å². The Morgan fingerprint density at radius 3 is 2.83 bits per heavy atom. The summed E-state index contributed by atoms with van der Waals surface area (Å²) in [5.41, 5.74) is 0. The Morgan fingerprint density at radius 1 is 1.33 bits per heavy atom. The van der Waals surface area contributed by atoms with E-state index in [2.05, 4.69) is 26.6 Å². The van der Waals surface area contributed by atoms with Crippen LogP contribution in [0.1, 0.15) is 0 Å². The molecule has 0 aromatic carbocycles. The van der Waals surface area contributed by atoms with Gasteiger partial charge in [-0.05, 0) is 6.08 Å². The normalized spacial score (nSPS) is 30.2. The van der Waals surface area contributed by atoms with Crippen molar-refractivity contribution in [1.82, 2.24) is 15.5 Å². The molecule has 0 saturated carbocycles. The van der Waals surface area contributed by atoms with Crippen molar-refractivity contribution in [3.63, 3.8) is 0 Å². The Balaban J connectivity index is 1.93. The van der Waals surface area contributed by atoms with Crippen molar-refractivity contribution in [3.8, 4) is 0 Å². The molecule has 0 aliphatic carbocycles. The second-order valence-corrected chi connectivity index (χ2v) is 3.00. The molecule has 2 aliphatic heterocycles. The van der Waals surface area contributed by atoms with Crippen LogP contribution in [0.15, 0.2) is 17.3 Å². The third kappa shape index (κ3) is 1.65. The summed E-state index contributed by atoms with van der Waals surface area (Å²) in [6.45, 7) is 4.33. The first-order chi connectivity index (χ1) is 5.97. The number of rotatable bonds is 1. The minimum Gasteiger partial charge on any atom is -0.353 e. The third-order valence-corrected chi connectivity index (χ3v) is 2.19. The highest BCUT2D eigenvalue weighted by Crippen LogP contribution is 2.05. The maximum Gasteiger partial charge on any atom is 0.124 e. The summed E-state index contributed by atoms with van der Waals surface area (Å²) in [5, 5.41) is 6.26. The predicted molar refractivity (Wildman–Crippen MR) is 49.0 cm³/mol. The lowest BCUT2D eigenvalue weighted by atomic mass is 10.3. The molecule has 66 valence electrons. The number of hydrogen-bond donors (Lipinski definition) is 2. The standard InChI is InChI=1S/C8H14N4/c1-2-10-7-11-8(1)12-5-3-9-4-6-12/h1-2,7-9H,3-6H2,(H,10,11). The molecule has 2 heterocycles. The summed E-state index contributed by atoms with van der Waals surface area (Å²) in [6, 6.07) is 0. The van der Waals surface area contributed by atoms with Gasteiger partial charge in [0.1, 0.15) is 6.17 Å². The molecule has 2 aliphatic rings. The van der Waals surface area contributed by atoms with Gasteiger partial charge in [0, 0.05) is 32.4 Å². The minimum absolute atomic E-state index is 0.258. The van der Waals surface area contributed by atoms with Gasteiger partial charge in [-0.25, -0.2) is 0 Å². The molecule has 1 fully saturated rings. The molecule has 0 aromatic rings. The SMILES string of the molecule is C1=CC(N2CCNCC2)N=CN1. The van der Waals surface area contributed by atoms with Gasteiger partial charge in [0.25, 0.3) is 0 Å². The Hall–Kier alpha value is -0.870. The van der Waals surface area contributed by atoms with Crippen molar-refractivity contribution in [2.45, 2.75) is 6.17 Å². The lowest BCUT2D eigenvalue weighted by molar-refractivity contribution is 0.206. The molecule has 4 nitrogen and oxygen atoms in total. The highest BCUT2D eigenvalue weighted by atomic mass is 15.3. The van der Waals surface area contributed by atoms with Crippen LogP contribution in [0.2, 0.25) is 0 Å². The van der Waals surface area contributed by atoms with Crippen LogP contribution in [0.4, 0.5) is 0 Å². The number of hydrogen-bond acceptors (Lipinski definition) is 4. The van der Waals surface area contributed by atoms with E-state index >= 15 is 0 Å². The van der Waals surface area contributed by atoms with E-state index in [-0.39, 0.29) is 6.17 Å². The van der Waals surface area contributed by atoms with Gasteiger partial charge in [0.2, 0.25) is 0 Å². The summed E-state index contributed by atoms with van der Waals surface area (Å²) in [6.07, 6.45) is 6.05. The molecule has 1 unspecified atom stereocenters. The third-order valence-electron chi connectivity index (χ3n) is 2.19. The first kappa shape index (κ1) is 7.76. The van der Waals surface area contributed by atoms with Crippen molar-refractivity contribution in [3.05, 3.63) is 12.3 Å². The van der Waals surface area contributed by atoms with E-state index in [0.717, 1.165) is 26.2 Å². The highest BCUT2D eigenvalue weighted by molar-refractivity contribution is 5.57. The Bertz CT molecular complexity index is 181. The molecule has 0 aromatic heterocycles. The van der Waals surface area contributed by atoms with Crippen LogP contribution in [0.25, 0.3) is 0 Å². The summed E-state index contributed by atoms with van der Waals surface area (Å²) in [7, 11) is 0. The second kappa shape index (κ2) is 3.69. The Labute approximate surface area is 72.3 Å². The van der Waals surface area contributed by atoms with Gasteiger partial charge >= 0.3 is 0 Å². The average Bonchev–Trinajstić information content (AvgIpc) is 2.21. The minimum atomic E-state index is 0.258. The van der Waals surface area contributed by atoms with E-state index in [0.29, 0.717) is 0 Å². The van der Waals surface area contributed by atoms with Crippen LogP contribution >= 0.6 is 0 Å². The maximum atomic E-state index is 4.33. The van der Waals surface area contributed by atoms with Crippen molar-refractivity contribution < 1.29 is 0 Å². The van der Waals surface area contributed by atoms with Gasteiger partial charge in [-0.15, -0.1) is 0 Å². The molecule has 1 saturated heterocycles. The molecule has 0 spiro atoms. The fourth-order valence-corrected chi connectivity index (χ4v) is 1.52. The van der Waals surface area contributed by atoms with E-state index in [1.807, 2.05) is 6.20 Å². The molecular formula is C8H14N4. The summed E-state index contributed by atoms with van der Waals surface area (Å²) in [4.78, 5) is 6.69. The van der Waals surface area contributed by atoms with Crippen LogP contribution in [0.3, 0.4) is 0 Å². The second-order valence-electron chi connectivity index (χ2n) is 3.00.